The van der Waals surface area contributed by atoms with E-state index in [-0.39, 0.29) is 18.1 Å². The molecule has 0 heterocycles. The summed E-state index contributed by atoms with van der Waals surface area (Å²) in [5.74, 6) is 0.128. The van der Waals surface area contributed by atoms with E-state index in [0.717, 1.165) is 10.6 Å². The van der Waals surface area contributed by atoms with Crippen LogP contribution in [0.3, 0.4) is 0 Å². The normalized spacial score (nSPS) is 11.6. The Morgan fingerprint density at radius 2 is 1.81 bits per heavy atom. The number of ether oxygens (including phenoxy) is 1. The number of hydrogen-bond donors (Lipinski definition) is 1. The lowest BCUT2D eigenvalue weighted by Crippen LogP contribution is -2.30. The van der Waals surface area contributed by atoms with Crippen molar-refractivity contribution < 1.29 is 18.5 Å². The number of carbonyl (C=O) groups is 2. The molecule has 0 bridgehead atoms. The summed E-state index contributed by atoms with van der Waals surface area (Å²) in [4.78, 5) is 25.6. The molecule has 0 aromatic heterocycles. The average molecular weight is 406 g/mol. The number of benzene rings is 2. The molecule has 0 unspecified atom stereocenters. The maximum Gasteiger partial charge on any atom is 0.339 e. The monoisotopic (exact) mass is 405 g/mol. The van der Waals surface area contributed by atoms with Crippen molar-refractivity contribution in [2.45, 2.75) is 23.6 Å². The molecule has 0 aliphatic rings. The van der Waals surface area contributed by atoms with Crippen LogP contribution >= 0.6 is 11.8 Å². The predicted octanol–water partition coefficient (Wildman–Crippen LogP) is 3.19. The minimum Gasteiger partial charge on any atom is -0.452 e. The summed E-state index contributed by atoms with van der Waals surface area (Å²) in [6.07, 6.45) is 0. The third-order valence-electron chi connectivity index (χ3n) is 3.66. The van der Waals surface area contributed by atoms with E-state index in [1.54, 1.807) is 43.0 Å². The Labute approximate surface area is 166 Å². The van der Waals surface area contributed by atoms with Crippen molar-refractivity contribution in [2.75, 3.05) is 24.7 Å². The third-order valence-corrected chi connectivity index (χ3v) is 6.05. The molecule has 0 spiro atoms. The van der Waals surface area contributed by atoms with Gasteiger partial charge in [0.2, 0.25) is 0 Å². The van der Waals surface area contributed by atoms with Crippen LogP contribution in [-0.2, 0) is 20.3 Å². The quantitative estimate of drug-likeness (QED) is 0.394. The third kappa shape index (κ3) is 6.84. The highest BCUT2D eigenvalue weighted by Crippen LogP contribution is 2.17. The minimum absolute atomic E-state index is 0.236. The second kappa shape index (κ2) is 10.9. The first-order valence-corrected chi connectivity index (χ1v) is 10.9. The summed E-state index contributed by atoms with van der Waals surface area (Å²) >= 11 is 1.64. The van der Waals surface area contributed by atoms with Crippen LogP contribution in [0.2, 0.25) is 0 Å². The van der Waals surface area contributed by atoms with Crippen molar-refractivity contribution in [1.29, 1.82) is 0 Å². The molecule has 0 saturated heterocycles. The number of thioether (sulfide) groups is 1. The molecule has 7 heteroatoms. The van der Waals surface area contributed by atoms with E-state index < -0.39 is 16.8 Å². The molecule has 144 valence electrons. The Hall–Kier alpha value is -2.12. The molecule has 0 aliphatic carbocycles. The first kappa shape index (κ1) is 21.2. The molecule has 2 aromatic rings. The number of nitrogens with one attached hydrogen (secondary N) is 1. The summed E-state index contributed by atoms with van der Waals surface area (Å²) < 4.78 is 17.1. The summed E-state index contributed by atoms with van der Waals surface area (Å²) in [6.45, 7) is 3.93. The van der Waals surface area contributed by atoms with Gasteiger partial charge >= 0.3 is 5.97 Å². The van der Waals surface area contributed by atoms with Gasteiger partial charge in [-0.1, -0.05) is 36.8 Å². The largest absolute Gasteiger partial charge is 0.452 e. The molecule has 1 N–H and O–H groups in total. The van der Waals surface area contributed by atoms with Gasteiger partial charge in [0.15, 0.2) is 6.61 Å². The van der Waals surface area contributed by atoms with Crippen molar-refractivity contribution in [1.82, 2.24) is 5.32 Å². The number of hydrogen-bond acceptors (Lipinski definition) is 5. The first-order valence-electron chi connectivity index (χ1n) is 8.62. The number of rotatable bonds is 9. The Morgan fingerprint density at radius 3 is 2.52 bits per heavy atom. The fourth-order valence-corrected chi connectivity index (χ4v) is 3.95. The van der Waals surface area contributed by atoms with Crippen LogP contribution in [0.5, 0.6) is 0 Å². The summed E-state index contributed by atoms with van der Waals surface area (Å²) in [7, 11) is -1.27. The van der Waals surface area contributed by atoms with Gasteiger partial charge in [-0.15, -0.1) is 11.8 Å². The molecule has 0 saturated carbocycles. The van der Waals surface area contributed by atoms with Crippen LogP contribution in [-0.4, -0.2) is 40.7 Å². The number of carbonyl (C=O) groups excluding carboxylic acids is 2. The van der Waals surface area contributed by atoms with Crippen LogP contribution in [0.15, 0.2) is 58.3 Å². The molecule has 0 radical (unpaired) electrons. The first-order chi connectivity index (χ1) is 13.0. The van der Waals surface area contributed by atoms with Crippen LogP contribution in [0, 0.1) is 6.92 Å². The molecule has 2 rings (SSSR count). The van der Waals surface area contributed by atoms with Crippen LogP contribution in [0.1, 0.15) is 22.8 Å². The second-order valence-electron chi connectivity index (χ2n) is 5.72. The van der Waals surface area contributed by atoms with E-state index in [1.165, 1.54) is 5.56 Å². The maximum absolute atomic E-state index is 12.2. The van der Waals surface area contributed by atoms with Gasteiger partial charge in [-0.3, -0.25) is 9.00 Å². The van der Waals surface area contributed by atoms with E-state index in [1.807, 2.05) is 31.2 Å². The lowest BCUT2D eigenvalue weighted by Gasteiger charge is -2.09. The van der Waals surface area contributed by atoms with Crippen molar-refractivity contribution in [3.8, 4) is 0 Å². The summed E-state index contributed by atoms with van der Waals surface area (Å²) in [6, 6.07) is 14.8. The standard InChI is InChI=1S/C20H23NO4S2/c1-3-27(24)18-7-5-4-6-17(18)20(23)25-14-19(22)21-12-13-26-16-10-8-15(2)9-11-16/h4-11H,3,12-14H2,1-2H3,(H,21,22)/t27-/m1/s1. The van der Waals surface area contributed by atoms with Crippen LogP contribution < -0.4 is 5.32 Å². The average Bonchev–Trinajstić information content (AvgIpc) is 2.70. The summed E-state index contributed by atoms with van der Waals surface area (Å²) in [5.41, 5.74) is 1.44. The highest BCUT2D eigenvalue weighted by Gasteiger charge is 2.17. The second-order valence-corrected chi connectivity index (χ2v) is 8.59. The highest BCUT2D eigenvalue weighted by molar-refractivity contribution is 7.99. The zero-order valence-electron chi connectivity index (χ0n) is 15.4. The van der Waals surface area contributed by atoms with Gasteiger partial charge in [-0.25, -0.2) is 4.79 Å². The van der Waals surface area contributed by atoms with E-state index in [0.29, 0.717) is 17.2 Å². The molecule has 0 fully saturated rings. The maximum atomic E-state index is 12.2. The molecular formula is C20H23NO4S2. The van der Waals surface area contributed by atoms with Gasteiger partial charge in [0.05, 0.1) is 21.3 Å². The molecule has 5 nitrogen and oxygen atoms in total. The SMILES string of the molecule is CC[S@@](=O)c1ccccc1C(=O)OCC(=O)NCCSc1ccc(C)cc1. The highest BCUT2D eigenvalue weighted by atomic mass is 32.2. The van der Waals surface area contributed by atoms with Crippen molar-refractivity contribution in [3.63, 3.8) is 0 Å². The van der Waals surface area contributed by atoms with E-state index >= 15 is 0 Å². The van der Waals surface area contributed by atoms with Gasteiger partial charge in [-0.2, -0.15) is 0 Å². The van der Waals surface area contributed by atoms with Crippen molar-refractivity contribution in [2.24, 2.45) is 0 Å². The lowest BCUT2D eigenvalue weighted by atomic mass is 10.2. The Kier molecular flexibility index (Phi) is 8.54. The molecular weight excluding hydrogens is 382 g/mol. The summed E-state index contributed by atoms with van der Waals surface area (Å²) in [5, 5.41) is 2.72. The zero-order valence-corrected chi connectivity index (χ0v) is 17.0. The Morgan fingerprint density at radius 1 is 1.11 bits per heavy atom. The smallest absolute Gasteiger partial charge is 0.339 e. The van der Waals surface area contributed by atoms with E-state index in [9.17, 15) is 13.8 Å². The number of amides is 1. The van der Waals surface area contributed by atoms with Gasteiger partial charge in [-0.05, 0) is 31.2 Å². The van der Waals surface area contributed by atoms with Crippen LogP contribution in [0.4, 0.5) is 0 Å². The van der Waals surface area contributed by atoms with Crippen LogP contribution in [0.25, 0.3) is 0 Å². The van der Waals surface area contributed by atoms with Crippen molar-refractivity contribution >= 4 is 34.4 Å². The van der Waals surface area contributed by atoms with E-state index in [4.69, 9.17) is 4.74 Å². The van der Waals surface area contributed by atoms with Gasteiger partial charge in [0.1, 0.15) is 0 Å². The molecule has 27 heavy (non-hydrogen) atoms. The minimum atomic E-state index is -1.27. The molecule has 1 amide bonds. The number of aryl methyl sites for hydroxylation is 1. The van der Waals surface area contributed by atoms with Crippen molar-refractivity contribution in [3.05, 3.63) is 59.7 Å². The topological polar surface area (TPSA) is 72.5 Å². The van der Waals surface area contributed by atoms with Gasteiger partial charge in [0, 0.05) is 22.9 Å². The predicted molar refractivity (Wildman–Crippen MR) is 109 cm³/mol. The lowest BCUT2D eigenvalue weighted by molar-refractivity contribution is -0.124. The number of esters is 1. The zero-order chi connectivity index (χ0) is 19.6. The van der Waals surface area contributed by atoms with Gasteiger partial charge < -0.3 is 10.1 Å². The fourth-order valence-electron chi connectivity index (χ4n) is 2.24. The molecule has 1 atom stereocenters. The molecule has 2 aromatic carbocycles. The fraction of sp³-hybridized carbons (Fsp3) is 0.300. The van der Waals surface area contributed by atoms with E-state index in [2.05, 4.69) is 5.32 Å². The van der Waals surface area contributed by atoms with Gasteiger partial charge in [0.25, 0.3) is 5.91 Å². The Balaban J connectivity index is 1.74. The molecule has 0 aliphatic heterocycles. The Bertz CT molecular complexity index is 806.